The summed E-state index contributed by atoms with van der Waals surface area (Å²) in [5, 5.41) is 21.2. The summed E-state index contributed by atoms with van der Waals surface area (Å²) >= 11 is 0. The first kappa shape index (κ1) is 20.8. The first-order chi connectivity index (χ1) is 14.5. The summed E-state index contributed by atoms with van der Waals surface area (Å²) in [5.41, 5.74) is 2.39. The predicted molar refractivity (Wildman–Crippen MR) is 104 cm³/mol. The molecule has 2 amide bonds. The van der Waals surface area contributed by atoms with E-state index in [1.165, 1.54) is 30.8 Å². The highest BCUT2D eigenvalue weighted by Crippen LogP contribution is 2.35. The average Bonchev–Trinajstić information content (AvgIpc) is 3.20. The second-order valence-electron chi connectivity index (χ2n) is 6.13. The lowest BCUT2D eigenvalue weighted by molar-refractivity contribution is -0.124. The fraction of sp³-hybridized carbons (Fsp3) is 0.200. The molecule has 1 atom stereocenters. The molecule has 0 saturated carbocycles. The van der Waals surface area contributed by atoms with E-state index in [-0.39, 0.29) is 24.7 Å². The molecule has 0 aromatic heterocycles. The van der Waals surface area contributed by atoms with Crippen LogP contribution in [0.25, 0.3) is 0 Å². The number of hydroxylamine groups is 1. The zero-order valence-electron chi connectivity index (χ0n) is 16.0. The minimum atomic E-state index is -0.835. The number of ether oxygens (including phenoxy) is 4. The zero-order valence-corrected chi connectivity index (χ0v) is 16.0. The number of methoxy groups -OCH3 is 1. The summed E-state index contributed by atoms with van der Waals surface area (Å²) in [7, 11) is 1.41. The number of anilines is 1. The van der Waals surface area contributed by atoms with E-state index < -0.39 is 18.1 Å². The third kappa shape index (κ3) is 5.11. The van der Waals surface area contributed by atoms with Gasteiger partial charge in [0.05, 0.1) is 7.11 Å². The minimum Gasteiger partial charge on any atom is -0.504 e. The van der Waals surface area contributed by atoms with Crippen molar-refractivity contribution in [2.75, 3.05) is 19.2 Å². The third-order valence-corrected chi connectivity index (χ3v) is 4.17. The van der Waals surface area contributed by atoms with E-state index in [4.69, 9.17) is 24.2 Å². The minimum absolute atomic E-state index is 0.105. The number of nitrogens with one attached hydrogen (secondary N) is 2. The highest BCUT2D eigenvalue weighted by atomic mass is 16.7. The van der Waals surface area contributed by atoms with Gasteiger partial charge in [-0.15, -0.1) is 0 Å². The molecular formula is C20H20N2O8. The van der Waals surface area contributed by atoms with Gasteiger partial charge in [-0.3, -0.25) is 15.3 Å². The Morgan fingerprint density at radius 1 is 1.20 bits per heavy atom. The van der Waals surface area contributed by atoms with Crippen LogP contribution in [0.5, 0.6) is 23.0 Å². The molecule has 2 aromatic carbocycles. The molecule has 1 heterocycles. The van der Waals surface area contributed by atoms with Gasteiger partial charge in [-0.05, 0) is 29.8 Å². The van der Waals surface area contributed by atoms with Gasteiger partial charge in [-0.1, -0.05) is 12.1 Å². The first-order valence-electron chi connectivity index (χ1n) is 8.85. The van der Waals surface area contributed by atoms with E-state index in [1.54, 1.807) is 24.3 Å². The van der Waals surface area contributed by atoms with Crippen molar-refractivity contribution < 1.29 is 38.9 Å². The maximum absolute atomic E-state index is 12.4. The Hall–Kier alpha value is -3.92. The number of phenolic OH excluding ortho intramolecular Hbond substituents is 1. The fourth-order valence-corrected chi connectivity index (χ4v) is 2.75. The summed E-state index contributed by atoms with van der Waals surface area (Å²) in [6.07, 6.45) is 1.03. The number of hydrogen-bond donors (Lipinski definition) is 4. The summed E-state index contributed by atoms with van der Waals surface area (Å²) < 4.78 is 21.0. The quantitative estimate of drug-likeness (QED) is 0.307. The molecule has 2 aromatic rings. The van der Waals surface area contributed by atoms with Crippen molar-refractivity contribution in [3.05, 3.63) is 54.1 Å². The smallest absolute Gasteiger partial charge is 0.412 e. The molecule has 0 radical (unpaired) electrons. The van der Waals surface area contributed by atoms with E-state index in [1.807, 2.05) is 0 Å². The van der Waals surface area contributed by atoms with Crippen LogP contribution in [0.3, 0.4) is 0 Å². The van der Waals surface area contributed by atoms with Crippen molar-refractivity contribution in [3.8, 4) is 23.0 Å². The van der Waals surface area contributed by atoms with Crippen LogP contribution in [0.4, 0.5) is 10.5 Å². The number of carbonyl (C=O) groups excluding carboxylic acids is 2. The number of rotatable bonds is 7. The van der Waals surface area contributed by atoms with E-state index in [0.29, 0.717) is 22.7 Å². The highest BCUT2D eigenvalue weighted by Gasteiger charge is 2.19. The SMILES string of the molecule is COc1ccc([C@@H](C/C=C/C(=O)NO)OC(=O)Nc2ccc3c(c2)OCO3)cc1O. The first-order valence-corrected chi connectivity index (χ1v) is 8.85. The monoisotopic (exact) mass is 416 g/mol. The Labute approximate surface area is 171 Å². The lowest BCUT2D eigenvalue weighted by atomic mass is 10.1. The Morgan fingerprint density at radius 3 is 2.73 bits per heavy atom. The molecule has 3 rings (SSSR count). The van der Waals surface area contributed by atoms with Crippen LogP contribution in [0.2, 0.25) is 0 Å². The number of carbonyl (C=O) groups is 2. The van der Waals surface area contributed by atoms with Crippen molar-refractivity contribution in [1.82, 2.24) is 5.48 Å². The fourth-order valence-electron chi connectivity index (χ4n) is 2.75. The maximum atomic E-state index is 12.4. The van der Waals surface area contributed by atoms with Crippen molar-refractivity contribution >= 4 is 17.7 Å². The van der Waals surface area contributed by atoms with Crippen LogP contribution in [0.15, 0.2) is 48.6 Å². The Bertz CT molecular complexity index is 960. The largest absolute Gasteiger partial charge is 0.504 e. The number of phenols is 1. The number of hydrogen-bond acceptors (Lipinski definition) is 8. The molecule has 0 spiro atoms. The zero-order chi connectivity index (χ0) is 21.5. The molecule has 158 valence electrons. The van der Waals surface area contributed by atoms with Crippen LogP contribution in [-0.4, -0.2) is 36.2 Å². The summed E-state index contributed by atoms with van der Waals surface area (Å²) in [6.45, 7) is 0.111. The molecule has 0 unspecified atom stereocenters. The molecule has 0 fully saturated rings. The topological polar surface area (TPSA) is 136 Å². The predicted octanol–water partition coefficient (Wildman–Crippen LogP) is 2.87. The molecule has 4 N–H and O–H groups in total. The lowest BCUT2D eigenvalue weighted by Crippen LogP contribution is -2.18. The van der Waals surface area contributed by atoms with Crippen LogP contribution in [-0.2, 0) is 9.53 Å². The van der Waals surface area contributed by atoms with Gasteiger partial charge >= 0.3 is 6.09 Å². The molecule has 30 heavy (non-hydrogen) atoms. The molecule has 1 aliphatic rings. The summed E-state index contributed by atoms with van der Waals surface area (Å²) in [5.74, 6) is 0.487. The van der Waals surface area contributed by atoms with Crippen LogP contribution in [0.1, 0.15) is 18.1 Å². The van der Waals surface area contributed by atoms with Crippen molar-refractivity contribution in [3.63, 3.8) is 0 Å². The number of benzene rings is 2. The Balaban J connectivity index is 1.73. The van der Waals surface area contributed by atoms with Gasteiger partial charge in [-0.2, -0.15) is 0 Å². The Kier molecular flexibility index (Phi) is 6.60. The van der Waals surface area contributed by atoms with Crippen molar-refractivity contribution in [2.24, 2.45) is 0 Å². The molecule has 10 nitrogen and oxygen atoms in total. The Morgan fingerprint density at radius 2 is 2.00 bits per heavy atom. The molecule has 1 aliphatic heterocycles. The standard InChI is InChI=1S/C20H20N2O8/c1-27-16-7-5-12(9-14(16)23)15(3-2-4-19(24)22-26)30-20(25)21-13-6-8-17-18(10-13)29-11-28-17/h2,4-10,15,23,26H,3,11H2,1H3,(H,21,25)(H,22,24)/b4-2+/t15-/m1/s1. The van der Waals surface area contributed by atoms with Gasteiger partial charge in [0.25, 0.3) is 5.91 Å². The number of aromatic hydroxyl groups is 1. The van der Waals surface area contributed by atoms with Gasteiger partial charge in [0.2, 0.25) is 6.79 Å². The van der Waals surface area contributed by atoms with E-state index in [0.717, 1.165) is 6.08 Å². The molecular weight excluding hydrogens is 396 g/mol. The molecule has 0 bridgehead atoms. The van der Waals surface area contributed by atoms with Crippen molar-refractivity contribution in [1.29, 1.82) is 0 Å². The van der Waals surface area contributed by atoms with E-state index in [2.05, 4.69) is 5.32 Å². The van der Waals surface area contributed by atoms with Gasteiger partial charge < -0.3 is 24.1 Å². The van der Waals surface area contributed by atoms with Crippen LogP contribution < -0.4 is 25.0 Å². The molecule has 0 saturated heterocycles. The molecule has 0 aliphatic carbocycles. The maximum Gasteiger partial charge on any atom is 0.412 e. The van der Waals surface area contributed by atoms with Gasteiger partial charge in [-0.25, -0.2) is 10.3 Å². The molecule has 10 heteroatoms. The van der Waals surface area contributed by atoms with Gasteiger partial charge in [0, 0.05) is 24.3 Å². The van der Waals surface area contributed by atoms with Crippen molar-refractivity contribution in [2.45, 2.75) is 12.5 Å². The number of amides is 2. The van der Waals surface area contributed by atoms with Gasteiger partial charge in [0.1, 0.15) is 6.10 Å². The summed E-state index contributed by atoms with van der Waals surface area (Å²) in [6, 6.07) is 9.44. The lowest BCUT2D eigenvalue weighted by Gasteiger charge is -2.18. The van der Waals surface area contributed by atoms with Crippen LogP contribution in [0, 0.1) is 0 Å². The van der Waals surface area contributed by atoms with Crippen LogP contribution >= 0.6 is 0 Å². The second kappa shape index (κ2) is 9.52. The second-order valence-corrected chi connectivity index (χ2v) is 6.13. The third-order valence-electron chi connectivity index (χ3n) is 4.17. The highest BCUT2D eigenvalue weighted by molar-refractivity contribution is 5.86. The average molecular weight is 416 g/mol. The van der Waals surface area contributed by atoms with E-state index >= 15 is 0 Å². The van der Waals surface area contributed by atoms with Gasteiger partial charge in [0.15, 0.2) is 23.0 Å². The summed E-state index contributed by atoms with van der Waals surface area (Å²) in [4.78, 5) is 23.6. The normalized spacial score (nSPS) is 13.0. The van der Waals surface area contributed by atoms with E-state index in [9.17, 15) is 14.7 Å². The number of fused-ring (bicyclic) bond motifs is 1.